The van der Waals surface area contributed by atoms with Crippen LogP contribution in [-0.4, -0.2) is 35.4 Å². The van der Waals surface area contributed by atoms with Crippen molar-refractivity contribution in [1.29, 1.82) is 5.26 Å². The number of nitriles is 1. The van der Waals surface area contributed by atoms with Crippen LogP contribution in [0.25, 0.3) is 17.1 Å². The monoisotopic (exact) mass is 388 g/mol. The number of hydrogen-bond acceptors (Lipinski definition) is 8. The summed E-state index contributed by atoms with van der Waals surface area (Å²) in [5, 5.41) is 12.4. The lowest BCUT2D eigenvalue weighted by atomic mass is 10.2. The number of hydrogen-bond donors (Lipinski definition) is 1. The normalized spacial score (nSPS) is 10.4. The largest absolute Gasteiger partial charge is 0.296 e. The Kier molecular flexibility index (Phi) is 4.57. The van der Waals surface area contributed by atoms with Crippen molar-refractivity contribution >= 4 is 22.4 Å². The number of carbonyl (C=O) groups excluding carboxylic acids is 1. The van der Waals surface area contributed by atoms with Crippen LogP contribution in [0, 0.1) is 18.3 Å². The van der Waals surface area contributed by atoms with Gasteiger partial charge in [-0.15, -0.1) is 0 Å². The maximum atomic E-state index is 12.7. The van der Waals surface area contributed by atoms with Crippen molar-refractivity contribution in [3.8, 4) is 23.1 Å². The number of aromatic nitrogens is 6. The fourth-order valence-corrected chi connectivity index (χ4v) is 3.31. The summed E-state index contributed by atoms with van der Waals surface area (Å²) in [7, 11) is 0. The Hall–Kier alpha value is -3.97. The maximum Gasteiger partial charge on any atom is 0.276 e. The predicted molar refractivity (Wildman–Crippen MR) is 102 cm³/mol. The third-order valence-electron chi connectivity index (χ3n) is 3.78. The molecule has 28 heavy (non-hydrogen) atoms. The molecule has 0 fully saturated rings. The molecule has 0 unspecified atom stereocenters. The third kappa shape index (κ3) is 3.34. The zero-order chi connectivity index (χ0) is 19.5. The Morgan fingerprint density at radius 2 is 2.00 bits per heavy atom. The lowest BCUT2D eigenvalue weighted by molar-refractivity contribution is 0.102. The zero-order valence-electron chi connectivity index (χ0n) is 14.6. The number of nitrogens with zero attached hydrogens (tertiary/aromatic N) is 7. The molecule has 0 aliphatic carbocycles. The van der Waals surface area contributed by atoms with Crippen molar-refractivity contribution in [2.24, 2.45) is 0 Å². The second-order valence-electron chi connectivity index (χ2n) is 5.67. The Morgan fingerprint density at radius 1 is 1.18 bits per heavy atom. The second kappa shape index (κ2) is 7.34. The highest BCUT2D eigenvalue weighted by Gasteiger charge is 2.19. The zero-order valence-corrected chi connectivity index (χ0v) is 15.4. The molecular formula is C18H12N8OS. The van der Waals surface area contributed by atoms with Crippen LogP contribution in [0.2, 0.25) is 0 Å². The lowest BCUT2D eigenvalue weighted by Crippen LogP contribution is -2.16. The summed E-state index contributed by atoms with van der Waals surface area (Å²) in [4.78, 5) is 33.8. The molecule has 0 aliphatic heterocycles. The topological polar surface area (TPSA) is 122 Å². The van der Waals surface area contributed by atoms with Crippen molar-refractivity contribution in [3.63, 3.8) is 0 Å². The molecule has 10 heteroatoms. The van der Waals surface area contributed by atoms with Gasteiger partial charge in [0.05, 0.1) is 36.3 Å². The summed E-state index contributed by atoms with van der Waals surface area (Å²) >= 11 is 1.09. The number of anilines is 1. The molecule has 4 rings (SSSR count). The molecule has 0 spiro atoms. The van der Waals surface area contributed by atoms with Crippen LogP contribution in [0.4, 0.5) is 5.13 Å². The summed E-state index contributed by atoms with van der Waals surface area (Å²) < 4.78 is 1.57. The first-order chi connectivity index (χ1) is 13.7. The lowest BCUT2D eigenvalue weighted by Gasteiger charge is -2.06. The molecule has 0 radical (unpaired) electrons. The van der Waals surface area contributed by atoms with Crippen molar-refractivity contribution < 1.29 is 4.79 Å². The molecule has 4 aromatic rings. The quantitative estimate of drug-likeness (QED) is 0.570. The van der Waals surface area contributed by atoms with Crippen LogP contribution in [0.3, 0.4) is 0 Å². The Bertz CT molecular complexity index is 1190. The van der Waals surface area contributed by atoms with Crippen molar-refractivity contribution in [3.05, 3.63) is 65.7 Å². The van der Waals surface area contributed by atoms with Crippen molar-refractivity contribution in [1.82, 2.24) is 29.5 Å². The average molecular weight is 388 g/mol. The van der Waals surface area contributed by atoms with Crippen LogP contribution in [0.5, 0.6) is 0 Å². The molecule has 0 atom stereocenters. The Labute approximate surface area is 163 Å². The molecule has 0 aliphatic rings. The first kappa shape index (κ1) is 17.4. The van der Waals surface area contributed by atoms with E-state index in [4.69, 9.17) is 0 Å². The molecule has 4 heterocycles. The van der Waals surface area contributed by atoms with Gasteiger partial charge in [0, 0.05) is 5.69 Å². The van der Waals surface area contributed by atoms with Crippen molar-refractivity contribution in [2.75, 3.05) is 5.32 Å². The Balaban J connectivity index is 1.64. The van der Waals surface area contributed by atoms with Crippen molar-refractivity contribution in [2.45, 2.75) is 6.92 Å². The standard InChI is InChI=1S/C18H12N8OS/c1-11-3-2-4-13(23-11)16-15(5-19)28-18(24-16)25-17(27)14-8-22-10-26(14)12-6-20-9-21-7-12/h2-4,6-10H,1H3,(H,24,25,27). The van der Waals surface area contributed by atoms with Gasteiger partial charge in [0.15, 0.2) is 5.13 Å². The molecule has 136 valence electrons. The van der Waals surface area contributed by atoms with Gasteiger partial charge in [0.1, 0.15) is 28.7 Å². The number of amides is 1. The number of nitrogens with one attached hydrogen (secondary N) is 1. The predicted octanol–water partition coefficient (Wildman–Crippen LogP) is 2.61. The van der Waals surface area contributed by atoms with Gasteiger partial charge < -0.3 is 0 Å². The summed E-state index contributed by atoms with van der Waals surface area (Å²) in [6, 6.07) is 7.59. The minimum atomic E-state index is -0.414. The van der Waals surface area contributed by atoms with E-state index in [2.05, 4.69) is 36.3 Å². The minimum Gasteiger partial charge on any atom is -0.296 e. The van der Waals surface area contributed by atoms with Gasteiger partial charge in [-0.3, -0.25) is 19.7 Å². The summed E-state index contributed by atoms with van der Waals surface area (Å²) in [5.74, 6) is -0.414. The molecule has 0 aromatic carbocycles. The van der Waals surface area contributed by atoms with E-state index in [1.165, 1.54) is 18.9 Å². The second-order valence-corrected chi connectivity index (χ2v) is 6.67. The van der Waals surface area contributed by atoms with E-state index in [1.807, 2.05) is 19.1 Å². The SMILES string of the molecule is Cc1cccc(-c2nc(NC(=O)c3cncn3-c3cncnc3)sc2C#N)n1. The summed E-state index contributed by atoms with van der Waals surface area (Å²) in [5.41, 5.74) is 2.73. The molecule has 1 N–H and O–H groups in total. The van der Waals surface area contributed by atoms with Gasteiger partial charge in [0.25, 0.3) is 5.91 Å². The molecule has 0 saturated carbocycles. The van der Waals surface area contributed by atoms with Crippen LogP contribution in [-0.2, 0) is 0 Å². The van der Waals surface area contributed by atoms with Gasteiger partial charge in [-0.05, 0) is 19.1 Å². The van der Waals surface area contributed by atoms with E-state index in [-0.39, 0.29) is 0 Å². The van der Waals surface area contributed by atoms with E-state index in [1.54, 1.807) is 23.0 Å². The van der Waals surface area contributed by atoms with Crippen LogP contribution < -0.4 is 5.32 Å². The number of imidazole rings is 1. The van der Waals surface area contributed by atoms with E-state index in [9.17, 15) is 10.1 Å². The number of pyridine rings is 1. The van der Waals surface area contributed by atoms with Gasteiger partial charge in [-0.25, -0.2) is 19.9 Å². The van der Waals surface area contributed by atoms with Crippen LogP contribution in [0.15, 0.2) is 49.4 Å². The third-order valence-corrected chi connectivity index (χ3v) is 4.65. The Morgan fingerprint density at radius 3 is 2.75 bits per heavy atom. The van der Waals surface area contributed by atoms with E-state index in [0.717, 1.165) is 17.0 Å². The van der Waals surface area contributed by atoms with Gasteiger partial charge in [0.2, 0.25) is 0 Å². The smallest absolute Gasteiger partial charge is 0.276 e. The summed E-state index contributed by atoms with van der Waals surface area (Å²) in [6.07, 6.45) is 7.48. The molecule has 0 bridgehead atoms. The van der Waals surface area contributed by atoms with Gasteiger partial charge in [-0.1, -0.05) is 17.4 Å². The number of carbonyl (C=O) groups is 1. The molecule has 4 aromatic heterocycles. The fourth-order valence-electron chi connectivity index (χ4n) is 2.54. The van der Waals surface area contributed by atoms with E-state index < -0.39 is 5.91 Å². The number of thiazole rings is 1. The average Bonchev–Trinajstić information content (AvgIpc) is 3.35. The first-order valence-corrected chi connectivity index (χ1v) is 8.91. The molecular weight excluding hydrogens is 376 g/mol. The van der Waals surface area contributed by atoms with E-state index >= 15 is 0 Å². The number of rotatable bonds is 4. The summed E-state index contributed by atoms with van der Waals surface area (Å²) in [6.45, 7) is 1.86. The minimum absolute atomic E-state index is 0.290. The highest BCUT2D eigenvalue weighted by molar-refractivity contribution is 7.16. The van der Waals surface area contributed by atoms with Gasteiger partial charge in [-0.2, -0.15) is 5.26 Å². The fraction of sp³-hybridized carbons (Fsp3) is 0.0556. The molecule has 0 saturated heterocycles. The highest BCUT2D eigenvalue weighted by Crippen LogP contribution is 2.30. The van der Waals surface area contributed by atoms with Crippen LogP contribution >= 0.6 is 11.3 Å². The van der Waals surface area contributed by atoms with E-state index in [0.29, 0.717) is 32.8 Å². The molecule has 9 nitrogen and oxygen atoms in total. The number of aryl methyl sites for hydroxylation is 1. The molecule has 1 amide bonds. The van der Waals surface area contributed by atoms with Gasteiger partial charge >= 0.3 is 0 Å². The maximum absolute atomic E-state index is 12.7. The first-order valence-electron chi connectivity index (χ1n) is 8.10. The van der Waals surface area contributed by atoms with Crippen LogP contribution in [0.1, 0.15) is 21.1 Å². The highest BCUT2D eigenvalue weighted by atomic mass is 32.1.